The van der Waals surface area contributed by atoms with Crippen molar-refractivity contribution in [3.05, 3.63) is 65.5 Å². The average molecular weight is 392 g/mol. The number of nitrogens with zero attached hydrogens (tertiary/aromatic N) is 4. The van der Waals surface area contributed by atoms with Crippen molar-refractivity contribution in [3.63, 3.8) is 0 Å². The molecule has 0 aliphatic carbocycles. The van der Waals surface area contributed by atoms with Gasteiger partial charge in [-0.25, -0.2) is 0 Å². The Labute approximate surface area is 165 Å². The zero-order valence-corrected chi connectivity index (χ0v) is 16.6. The summed E-state index contributed by atoms with van der Waals surface area (Å²) in [5.74, 6) is 0.693. The van der Waals surface area contributed by atoms with Crippen molar-refractivity contribution in [2.24, 2.45) is 4.40 Å². The highest BCUT2D eigenvalue weighted by Crippen LogP contribution is 2.43. The lowest BCUT2D eigenvalue weighted by molar-refractivity contribution is 0.599. The summed E-state index contributed by atoms with van der Waals surface area (Å²) < 4.78 is 29.0. The largest absolute Gasteiger partial charge is 0.325 e. The molecule has 2 aliphatic heterocycles. The number of allylic oxidation sites excluding steroid dienone is 1. The van der Waals surface area contributed by atoms with E-state index in [1.165, 1.54) is 6.07 Å². The lowest BCUT2D eigenvalue weighted by Gasteiger charge is -2.25. The standard InChI is InChI=1S/C21H20N4O2S/c1-3-13-25-18-11-7-6-10-17(18)24(4-2)21(25)16(14-22)20-15-9-5-8-12-19(15)28(26,27)23-20/h5-12H,3-4,13H2,1-2H3. The van der Waals surface area contributed by atoms with E-state index in [-0.39, 0.29) is 16.2 Å². The van der Waals surface area contributed by atoms with Gasteiger partial charge < -0.3 is 9.80 Å². The van der Waals surface area contributed by atoms with Crippen LogP contribution in [0.2, 0.25) is 0 Å². The molecule has 4 rings (SSSR count). The fourth-order valence-electron chi connectivity index (χ4n) is 3.83. The van der Waals surface area contributed by atoms with Crippen LogP contribution in [0.5, 0.6) is 0 Å². The topological polar surface area (TPSA) is 76.8 Å². The smallest absolute Gasteiger partial charge is 0.283 e. The minimum atomic E-state index is -3.80. The van der Waals surface area contributed by atoms with Crippen LogP contribution in [0.4, 0.5) is 11.4 Å². The van der Waals surface area contributed by atoms with Crippen LogP contribution in [0, 0.1) is 11.3 Å². The lowest BCUT2D eigenvalue weighted by atomic mass is 10.0. The third-order valence-electron chi connectivity index (χ3n) is 4.94. The molecule has 0 radical (unpaired) electrons. The van der Waals surface area contributed by atoms with Crippen LogP contribution in [0.15, 0.2) is 69.2 Å². The first-order valence-electron chi connectivity index (χ1n) is 9.26. The third kappa shape index (κ3) is 2.60. The molecule has 0 N–H and O–H groups in total. The molecule has 0 atom stereocenters. The first-order chi connectivity index (χ1) is 13.5. The van der Waals surface area contributed by atoms with Crippen LogP contribution in [0.1, 0.15) is 25.8 Å². The Morgan fingerprint density at radius 2 is 1.68 bits per heavy atom. The van der Waals surface area contributed by atoms with Crippen molar-refractivity contribution in [2.45, 2.75) is 25.2 Å². The lowest BCUT2D eigenvalue weighted by Crippen LogP contribution is -2.32. The van der Waals surface area contributed by atoms with E-state index in [0.717, 1.165) is 24.3 Å². The summed E-state index contributed by atoms with van der Waals surface area (Å²) in [5, 5.41) is 10.1. The van der Waals surface area contributed by atoms with Crippen molar-refractivity contribution in [3.8, 4) is 6.07 Å². The first kappa shape index (κ1) is 18.3. The number of fused-ring (bicyclic) bond motifs is 2. The highest BCUT2D eigenvalue weighted by molar-refractivity contribution is 7.90. The quantitative estimate of drug-likeness (QED) is 0.742. The van der Waals surface area contributed by atoms with Crippen molar-refractivity contribution in [1.29, 1.82) is 5.26 Å². The predicted molar refractivity (Wildman–Crippen MR) is 110 cm³/mol. The van der Waals surface area contributed by atoms with Gasteiger partial charge in [-0.05, 0) is 31.5 Å². The van der Waals surface area contributed by atoms with Crippen LogP contribution >= 0.6 is 0 Å². The second kappa shape index (κ2) is 6.80. The number of rotatable bonds is 4. The highest BCUT2D eigenvalue weighted by Gasteiger charge is 2.37. The normalized spacial score (nSPS) is 18.4. The van der Waals surface area contributed by atoms with Gasteiger partial charge in [0.1, 0.15) is 23.2 Å². The Kier molecular flexibility index (Phi) is 4.44. The average Bonchev–Trinajstić information content (AvgIpc) is 3.16. The number of hydrogen-bond donors (Lipinski definition) is 0. The number of sulfonamides is 1. The summed E-state index contributed by atoms with van der Waals surface area (Å²) in [5.41, 5.74) is 3.01. The van der Waals surface area contributed by atoms with Crippen molar-refractivity contribution in [1.82, 2.24) is 0 Å². The zero-order chi connectivity index (χ0) is 19.9. The fraction of sp³-hybridized carbons (Fsp3) is 0.238. The van der Waals surface area contributed by atoms with Crippen LogP contribution in [-0.4, -0.2) is 27.2 Å². The Hall–Kier alpha value is -3.11. The van der Waals surface area contributed by atoms with Gasteiger partial charge in [-0.15, -0.1) is 0 Å². The molecule has 0 fully saturated rings. The molecule has 0 spiro atoms. The maximum Gasteiger partial charge on any atom is 0.283 e. The van der Waals surface area contributed by atoms with E-state index in [1.807, 2.05) is 31.2 Å². The van der Waals surface area contributed by atoms with Gasteiger partial charge in [0.2, 0.25) is 0 Å². The minimum absolute atomic E-state index is 0.152. The van der Waals surface area contributed by atoms with Gasteiger partial charge in [0, 0.05) is 18.7 Å². The van der Waals surface area contributed by atoms with E-state index in [9.17, 15) is 13.7 Å². The Morgan fingerprint density at radius 3 is 2.32 bits per heavy atom. The second-order valence-electron chi connectivity index (χ2n) is 6.61. The zero-order valence-electron chi connectivity index (χ0n) is 15.8. The van der Waals surface area contributed by atoms with E-state index in [1.54, 1.807) is 18.2 Å². The molecule has 0 amide bonds. The van der Waals surface area contributed by atoms with Crippen LogP contribution in [-0.2, 0) is 10.0 Å². The minimum Gasteiger partial charge on any atom is -0.325 e. The molecule has 0 saturated heterocycles. The Morgan fingerprint density at radius 1 is 1.04 bits per heavy atom. The summed E-state index contributed by atoms with van der Waals surface area (Å²) in [6, 6.07) is 16.9. The van der Waals surface area contributed by atoms with Gasteiger partial charge in [-0.1, -0.05) is 37.3 Å². The van der Waals surface area contributed by atoms with Crippen LogP contribution in [0.25, 0.3) is 0 Å². The van der Waals surface area contributed by atoms with E-state index in [4.69, 9.17) is 0 Å². The van der Waals surface area contributed by atoms with Gasteiger partial charge in [-0.2, -0.15) is 18.1 Å². The van der Waals surface area contributed by atoms with E-state index in [2.05, 4.69) is 27.2 Å². The molecular formula is C21H20N4O2S. The molecule has 6 nitrogen and oxygen atoms in total. The maximum atomic E-state index is 12.5. The van der Waals surface area contributed by atoms with E-state index < -0.39 is 10.0 Å². The van der Waals surface area contributed by atoms with Crippen LogP contribution in [0.3, 0.4) is 0 Å². The number of anilines is 2. The molecule has 2 heterocycles. The van der Waals surface area contributed by atoms with Gasteiger partial charge >= 0.3 is 0 Å². The Bertz CT molecular complexity index is 1160. The summed E-state index contributed by atoms with van der Waals surface area (Å²) in [4.78, 5) is 4.30. The molecule has 28 heavy (non-hydrogen) atoms. The number of nitriles is 1. The van der Waals surface area contributed by atoms with Crippen LogP contribution < -0.4 is 9.80 Å². The number of benzene rings is 2. The van der Waals surface area contributed by atoms with Gasteiger partial charge in [0.15, 0.2) is 0 Å². The van der Waals surface area contributed by atoms with Crippen molar-refractivity contribution >= 4 is 27.1 Å². The molecule has 2 aromatic rings. The molecule has 0 bridgehead atoms. The molecule has 7 heteroatoms. The summed E-state index contributed by atoms with van der Waals surface area (Å²) >= 11 is 0. The molecule has 2 aromatic carbocycles. The number of para-hydroxylation sites is 2. The second-order valence-corrected chi connectivity index (χ2v) is 8.18. The predicted octanol–water partition coefficient (Wildman–Crippen LogP) is 3.67. The Balaban J connectivity index is 2.00. The van der Waals surface area contributed by atoms with Crippen molar-refractivity contribution < 1.29 is 8.42 Å². The third-order valence-corrected chi connectivity index (χ3v) is 6.28. The molecule has 142 valence electrons. The van der Waals surface area contributed by atoms with E-state index in [0.29, 0.717) is 17.9 Å². The molecule has 0 aromatic heterocycles. The SMILES string of the molecule is CCCN1C(=C(C#N)C2=NS(=O)(=O)c3ccccc32)N(CC)c2ccccc21. The molecule has 0 saturated carbocycles. The number of hydrogen-bond acceptors (Lipinski definition) is 5. The molecule has 0 unspecified atom stereocenters. The van der Waals surface area contributed by atoms with E-state index >= 15 is 0 Å². The van der Waals surface area contributed by atoms with Gasteiger partial charge in [0.05, 0.1) is 16.3 Å². The van der Waals surface area contributed by atoms with Gasteiger partial charge in [0.25, 0.3) is 10.0 Å². The summed E-state index contributed by atoms with van der Waals surface area (Å²) in [7, 11) is -3.80. The van der Waals surface area contributed by atoms with Gasteiger partial charge in [-0.3, -0.25) is 0 Å². The maximum absolute atomic E-state index is 12.5. The molecular weight excluding hydrogens is 372 g/mol. The summed E-state index contributed by atoms with van der Waals surface area (Å²) in [6.07, 6.45) is 0.884. The molecule has 2 aliphatic rings. The monoisotopic (exact) mass is 392 g/mol. The van der Waals surface area contributed by atoms with Crippen molar-refractivity contribution in [2.75, 3.05) is 22.9 Å². The summed E-state index contributed by atoms with van der Waals surface area (Å²) in [6.45, 7) is 5.46. The fourth-order valence-corrected chi connectivity index (χ4v) is 5.05. The first-order valence-corrected chi connectivity index (χ1v) is 10.7. The highest BCUT2D eigenvalue weighted by atomic mass is 32.2.